The molecule has 1 atom stereocenters. The van der Waals surface area contributed by atoms with Crippen LogP contribution in [0, 0.1) is 5.82 Å². The molecule has 0 aliphatic rings. The van der Waals surface area contributed by atoms with E-state index < -0.39 is 11.9 Å². The summed E-state index contributed by atoms with van der Waals surface area (Å²) >= 11 is 12.2. The van der Waals surface area contributed by atoms with Crippen LogP contribution in [0.25, 0.3) is 10.8 Å². The Bertz CT molecular complexity index is 1000. The summed E-state index contributed by atoms with van der Waals surface area (Å²) in [4.78, 5) is 12.3. The van der Waals surface area contributed by atoms with Gasteiger partial charge in [0.05, 0.1) is 16.1 Å². The van der Waals surface area contributed by atoms with E-state index in [9.17, 15) is 9.18 Å². The normalized spacial score (nSPS) is 12.4. The zero-order valence-electron chi connectivity index (χ0n) is 13.4. The number of pyridine rings is 1. The topological polar surface area (TPSA) is 60.1 Å². The summed E-state index contributed by atoms with van der Waals surface area (Å²) in [6.45, 7) is 0.0990. The minimum absolute atomic E-state index is 0.0990. The maximum atomic E-state index is 14.2. The Kier molecular flexibility index (Phi) is 4.99. The van der Waals surface area contributed by atoms with E-state index in [1.54, 1.807) is 25.4 Å². The van der Waals surface area contributed by atoms with Crippen LogP contribution in [0.1, 0.15) is 11.6 Å². The van der Waals surface area contributed by atoms with Crippen molar-refractivity contribution < 1.29 is 4.39 Å². The summed E-state index contributed by atoms with van der Waals surface area (Å²) in [5, 5.41) is 4.90. The van der Waals surface area contributed by atoms with Crippen LogP contribution in [0.3, 0.4) is 0 Å². The standard InChI is InChI=1S/C18H16Cl2FN3O/c1-24-7-6-10-2-3-11(8-12(10)18(24)25)23-15(9-22)16-14(21)5-4-13(19)17(16)20/h2-8,15,23H,9,22H2,1H3. The number of aryl methyl sites for hydroxylation is 1. The zero-order valence-corrected chi connectivity index (χ0v) is 14.9. The second-order valence-corrected chi connectivity index (χ2v) is 6.51. The lowest BCUT2D eigenvalue weighted by Gasteiger charge is -2.21. The summed E-state index contributed by atoms with van der Waals surface area (Å²) in [5.41, 5.74) is 6.54. The molecule has 1 aromatic heterocycles. The third kappa shape index (κ3) is 3.35. The first-order valence-corrected chi connectivity index (χ1v) is 8.37. The first-order valence-electron chi connectivity index (χ1n) is 7.61. The van der Waals surface area contributed by atoms with Crippen molar-refractivity contribution in [3.05, 3.63) is 74.4 Å². The van der Waals surface area contributed by atoms with Gasteiger partial charge in [0.15, 0.2) is 0 Å². The molecule has 2 aromatic carbocycles. The predicted octanol–water partition coefficient (Wildman–Crippen LogP) is 4.10. The van der Waals surface area contributed by atoms with Gasteiger partial charge in [-0.05, 0) is 35.7 Å². The van der Waals surface area contributed by atoms with Crippen LogP contribution < -0.4 is 16.6 Å². The van der Waals surface area contributed by atoms with E-state index in [0.717, 1.165) is 5.39 Å². The second-order valence-electron chi connectivity index (χ2n) is 5.72. The van der Waals surface area contributed by atoms with Crippen LogP contribution in [-0.4, -0.2) is 11.1 Å². The molecule has 3 N–H and O–H groups in total. The highest BCUT2D eigenvalue weighted by Crippen LogP contribution is 2.33. The predicted molar refractivity (Wildman–Crippen MR) is 101 cm³/mol. The fourth-order valence-corrected chi connectivity index (χ4v) is 3.19. The maximum absolute atomic E-state index is 14.2. The number of nitrogens with one attached hydrogen (secondary N) is 1. The number of aromatic nitrogens is 1. The fourth-order valence-electron chi connectivity index (χ4n) is 2.74. The molecule has 0 aliphatic heterocycles. The molecule has 0 bridgehead atoms. The monoisotopic (exact) mass is 379 g/mol. The van der Waals surface area contributed by atoms with Gasteiger partial charge in [-0.2, -0.15) is 0 Å². The van der Waals surface area contributed by atoms with Crippen LogP contribution in [0.2, 0.25) is 10.0 Å². The van der Waals surface area contributed by atoms with Gasteiger partial charge >= 0.3 is 0 Å². The van der Waals surface area contributed by atoms with Gasteiger partial charge in [0.1, 0.15) is 5.82 Å². The minimum atomic E-state index is -0.587. The number of nitrogens with zero attached hydrogens (tertiary/aromatic N) is 1. The Morgan fingerprint density at radius 1 is 1.24 bits per heavy atom. The van der Waals surface area contributed by atoms with Crippen molar-refractivity contribution >= 4 is 39.7 Å². The van der Waals surface area contributed by atoms with Crippen molar-refractivity contribution in [3.8, 4) is 0 Å². The number of anilines is 1. The number of fused-ring (bicyclic) bond motifs is 1. The van der Waals surface area contributed by atoms with Crippen LogP contribution in [0.5, 0.6) is 0 Å². The van der Waals surface area contributed by atoms with Crippen molar-refractivity contribution in [2.24, 2.45) is 12.8 Å². The molecule has 130 valence electrons. The number of hydrogen-bond donors (Lipinski definition) is 2. The summed E-state index contributed by atoms with van der Waals surface area (Å²) in [5.74, 6) is -0.492. The Morgan fingerprint density at radius 2 is 2.00 bits per heavy atom. The number of nitrogens with two attached hydrogens (primary N) is 1. The fraction of sp³-hybridized carbons (Fsp3) is 0.167. The van der Waals surface area contributed by atoms with Gasteiger partial charge in [-0.1, -0.05) is 29.3 Å². The largest absolute Gasteiger partial charge is 0.377 e. The van der Waals surface area contributed by atoms with Crippen molar-refractivity contribution in [1.82, 2.24) is 4.57 Å². The van der Waals surface area contributed by atoms with Gasteiger partial charge in [0, 0.05) is 36.4 Å². The van der Waals surface area contributed by atoms with E-state index in [1.165, 1.54) is 16.7 Å². The van der Waals surface area contributed by atoms with Crippen LogP contribution in [0.4, 0.5) is 10.1 Å². The van der Waals surface area contributed by atoms with Gasteiger partial charge in [0.2, 0.25) is 0 Å². The van der Waals surface area contributed by atoms with Crippen LogP contribution >= 0.6 is 23.2 Å². The summed E-state index contributed by atoms with van der Waals surface area (Å²) in [7, 11) is 1.69. The molecular formula is C18H16Cl2FN3O. The highest BCUT2D eigenvalue weighted by molar-refractivity contribution is 6.42. The lowest BCUT2D eigenvalue weighted by atomic mass is 10.0. The van der Waals surface area contributed by atoms with E-state index in [-0.39, 0.29) is 27.7 Å². The quantitative estimate of drug-likeness (QED) is 0.670. The summed E-state index contributed by atoms with van der Waals surface area (Å²) in [6, 6.07) is 9.27. The first-order chi connectivity index (χ1) is 11.9. The molecule has 0 fully saturated rings. The molecular weight excluding hydrogens is 364 g/mol. The number of benzene rings is 2. The molecule has 7 heteroatoms. The molecule has 3 rings (SSSR count). The molecule has 1 heterocycles. The SMILES string of the molecule is Cn1ccc2ccc(NC(CN)c3c(F)ccc(Cl)c3Cl)cc2c1=O. The maximum Gasteiger partial charge on any atom is 0.258 e. The summed E-state index contributed by atoms with van der Waals surface area (Å²) in [6.07, 6.45) is 1.71. The minimum Gasteiger partial charge on any atom is -0.377 e. The molecule has 25 heavy (non-hydrogen) atoms. The molecule has 0 saturated heterocycles. The van der Waals surface area contributed by atoms with E-state index in [0.29, 0.717) is 11.1 Å². The average Bonchev–Trinajstić information content (AvgIpc) is 2.61. The van der Waals surface area contributed by atoms with Crippen molar-refractivity contribution in [2.75, 3.05) is 11.9 Å². The lowest BCUT2D eigenvalue weighted by Crippen LogP contribution is -2.22. The number of rotatable bonds is 4. The van der Waals surface area contributed by atoms with E-state index >= 15 is 0 Å². The Labute approximate surface area is 154 Å². The Balaban J connectivity index is 2.03. The van der Waals surface area contributed by atoms with E-state index in [4.69, 9.17) is 28.9 Å². The van der Waals surface area contributed by atoms with E-state index in [2.05, 4.69) is 5.32 Å². The first kappa shape index (κ1) is 17.7. The van der Waals surface area contributed by atoms with Crippen molar-refractivity contribution in [3.63, 3.8) is 0 Å². The van der Waals surface area contributed by atoms with Gasteiger partial charge in [-0.25, -0.2) is 4.39 Å². The summed E-state index contributed by atoms with van der Waals surface area (Å²) < 4.78 is 15.7. The molecule has 0 amide bonds. The van der Waals surface area contributed by atoms with Crippen molar-refractivity contribution in [2.45, 2.75) is 6.04 Å². The van der Waals surface area contributed by atoms with Gasteiger partial charge in [0.25, 0.3) is 5.56 Å². The van der Waals surface area contributed by atoms with Gasteiger partial charge in [-0.15, -0.1) is 0 Å². The van der Waals surface area contributed by atoms with Gasteiger partial charge < -0.3 is 15.6 Å². The van der Waals surface area contributed by atoms with E-state index in [1.807, 2.05) is 12.1 Å². The third-order valence-corrected chi connectivity index (χ3v) is 4.91. The highest BCUT2D eigenvalue weighted by Gasteiger charge is 2.20. The molecule has 1 unspecified atom stereocenters. The molecule has 0 radical (unpaired) electrons. The number of halogens is 3. The van der Waals surface area contributed by atoms with Crippen LogP contribution in [0.15, 0.2) is 47.4 Å². The lowest BCUT2D eigenvalue weighted by molar-refractivity contribution is 0.594. The second kappa shape index (κ2) is 7.04. The molecule has 0 saturated carbocycles. The molecule has 4 nitrogen and oxygen atoms in total. The average molecular weight is 380 g/mol. The van der Waals surface area contributed by atoms with Crippen molar-refractivity contribution in [1.29, 1.82) is 0 Å². The molecule has 0 aliphatic carbocycles. The smallest absolute Gasteiger partial charge is 0.258 e. The molecule has 0 spiro atoms. The number of hydrogen-bond acceptors (Lipinski definition) is 3. The van der Waals surface area contributed by atoms with Gasteiger partial charge in [-0.3, -0.25) is 4.79 Å². The highest BCUT2D eigenvalue weighted by atomic mass is 35.5. The Hall–Kier alpha value is -2.08. The zero-order chi connectivity index (χ0) is 18.1. The molecule has 3 aromatic rings. The third-order valence-electron chi connectivity index (χ3n) is 4.09. The van der Waals surface area contributed by atoms with Crippen LogP contribution in [-0.2, 0) is 7.05 Å². The Morgan fingerprint density at radius 3 is 2.72 bits per heavy atom.